The van der Waals surface area contributed by atoms with Crippen molar-refractivity contribution in [3.05, 3.63) is 125 Å². The molecular weight excluding hydrogens is 420 g/mol. The first-order valence-corrected chi connectivity index (χ1v) is 11.6. The number of aryl methyl sites for hydroxylation is 1. The first-order chi connectivity index (χ1) is 16.4. The Hall–Kier alpha value is -3.85. The van der Waals surface area contributed by atoms with Crippen LogP contribution in [0.25, 0.3) is 0 Å². The van der Waals surface area contributed by atoms with Crippen LogP contribution in [0.1, 0.15) is 53.4 Å². The van der Waals surface area contributed by atoms with Gasteiger partial charge in [-0.2, -0.15) is 0 Å². The summed E-state index contributed by atoms with van der Waals surface area (Å²) in [6.45, 7) is 9.08. The number of hydrogen-bond acceptors (Lipinski definition) is 3. The Balaban J connectivity index is 1.44. The van der Waals surface area contributed by atoms with E-state index in [2.05, 4.69) is 38.1 Å². The van der Waals surface area contributed by atoms with Crippen LogP contribution in [-0.2, 0) is 5.41 Å². The third kappa shape index (κ3) is 5.20. The summed E-state index contributed by atoms with van der Waals surface area (Å²) in [5.41, 5.74) is 4.73. The van der Waals surface area contributed by atoms with Crippen molar-refractivity contribution in [2.75, 3.05) is 6.61 Å². The normalized spacial score (nSPS) is 11.2. The summed E-state index contributed by atoms with van der Waals surface area (Å²) in [6.07, 6.45) is 0. The highest BCUT2D eigenvalue weighted by atomic mass is 16.5. The first kappa shape index (κ1) is 23.3. The van der Waals surface area contributed by atoms with E-state index in [1.165, 1.54) is 11.1 Å². The Labute approximate surface area is 202 Å². The minimum Gasteiger partial charge on any atom is -0.494 e. The highest BCUT2D eigenvalue weighted by Crippen LogP contribution is 2.34. The van der Waals surface area contributed by atoms with Crippen LogP contribution in [0, 0.1) is 6.92 Å². The predicted octanol–water partition coefficient (Wildman–Crippen LogP) is 7.74. The van der Waals surface area contributed by atoms with Crippen molar-refractivity contribution in [1.29, 1.82) is 0 Å². The molecule has 34 heavy (non-hydrogen) atoms. The van der Waals surface area contributed by atoms with Crippen molar-refractivity contribution in [3.63, 3.8) is 0 Å². The summed E-state index contributed by atoms with van der Waals surface area (Å²) < 4.78 is 11.6. The molecule has 3 heteroatoms. The van der Waals surface area contributed by atoms with Crippen LogP contribution in [0.4, 0.5) is 0 Å². The summed E-state index contributed by atoms with van der Waals surface area (Å²) in [7, 11) is 0. The van der Waals surface area contributed by atoms with Crippen LogP contribution < -0.4 is 9.47 Å². The lowest BCUT2D eigenvalue weighted by molar-refractivity contribution is 0.103. The Morgan fingerprint density at radius 1 is 0.647 bits per heavy atom. The number of rotatable bonds is 8. The number of carbonyl (C=O) groups is 1. The van der Waals surface area contributed by atoms with Crippen LogP contribution >= 0.6 is 0 Å². The first-order valence-electron chi connectivity index (χ1n) is 11.6. The van der Waals surface area contributed by atoms with Gasteiger partial charge in [0.15, 0.2) is 5.78 Å². The largest absolute Gasteiger partial charge is 0.494 e. The smallest absolute Gasteiger partial charge is 0.193 e. The average Bonchev–Trinajstić information content (AvgIpc) is 2.85. The zero-order valence-corrected chi connectivity index (χ0v) is 20.2. The molecule has 0 atom stereocenters. The zero-order valence-electron chi connectivity index (χ0n) is 20.2. The zero-order chi connectivity index (χ0) is 24.1. The molecule has 0 bridgehead atoms. The van der Waals surface area contributed by atoms with E-state index in [9.17, 15) is 4.79 Å². The van der Waals surface area contributed by atoms with Crippen LogP contribution in [0.15, 0.2) is 97.1 Å². The van der Waals surface area contributed by atoms with E-state index in [-0.39, 0.29) is 11.2 Å². The molecule has 0 amide bonds. The molecule has 3 nitrogen and oxygen atoms in total. The van der Waals surface area contributed by atoms with Gasteiger partial charge in [0.1, 0.15) is 17.2 Å². The molecule has 0 unspecified atom stereocenters. The van der Waals surface area contributed by atoms with Gasteiger partial charge in [-0.1, -0.05) is 67.9 Å². The summed E-state index contributed by atoms with van der Waals surface area (Å²) in [6, 6.07) is 31.3. The lowest BCUT2D eigenvalue weighted by Crippen LogP contribution is -2.18. The number of ether oxygens (including phenoxy) is 2. The van der Waals surface area contributed by atoms with E-state index in [0.29, 0.717) is 23.5 Å². The van der Waals surface area contributed by atoms with Crippen molar-refractivity contribution in [2.45, 2.75) is 33.1 Å². The lowest BCUT2D eigenvalue weighted by atomic mass is 9.78. The van der Waals surface area contributed by atoms with Crippen molar-refractivity contribution < 1.29 is 14.3 Å². The monoisotopic (exact) mass is 450 g/mol. The van der Waals surface area contributed by atoms with E-state index in [0.717, 1.165) is 17.1 Å². The van der Waals surface area contributed by atoms with Gasteiger partial charge < -0.3 is 9.47 Å². The minimum atomic E-state index is -0.152. The summed E-state index contributed by atoms with van der Waals surface area (Å²) in [5.74, 6) is 2.34. The Morgan fingerprint density at radius 2 is 1.06 bits per heavy atom. The molecule has 0 N–H and O–H groups in total. The van der Waals surface area contributed by atoms with Gasteiger partial charge >= 0.3 is 0 Å². The molecule has 4 rings (SSSR count). The fourth-order valence-corrected chi connectivity index (χ4v) is 3.92. The maximum atomic E-state index is 12.7. The molecule has 0 aliphatic rings. The van der Waals surface area contributed by atoms with Crippen LogP contribution in [0.3, 0.4) is 0 Å². The molecule has 4 aromatic rings. The van der Waals surface area contributed by atoms with Gasteiger partial charge in [0, 0.05) is 16.5 Å². The van der Waals surface area contributed by atoms with Crippen LogP contribution in [-0.4, -0.2) is 12.4 Å². The molecule has 0 aliphatic carbocycles. The maximum absolute atomic E-state index is 12.7. The SMILES string of the molecule is CCOc1ccc(C(C)(C)c2ccc(Oc3ccc(C(=O)c4ccc(C)cc4)cc3)cc2)cc1. The summed E-state index contributed by atoms with van der Waals surface area (Å²) in [5, 5.41) is 0. The fraction of sp³-hybridized carbons (Fsp3) is 0.194. The minimum absolute atomic E-state index is 0.00687. The second kappa shape index (κ2) is 9.96. The van der Waals surface area contributed by atoms with Gasteiger partial charge in [0.2, 0.25) is 0 Å². The van der Waals surface area contributed by atoms with E-state index in [4.69, 9.17) is 9.47 Å². The van der Waals surface area contributed by atoms with E-state index < -0.39 is 0 Å². The van der Waals surface area contributed by atoms with Gasteiger partial charge in [-0.25, -0.2) is 0 Å². The molecule has 0 fully saturated rings. The van der Waals surface area contributed by atoms with E-state index in [1.807, 2.05) is 74.5 Å². The highest BCUT2D eigenvalue weighted by Gasteiger charge is 2.23. The Kier molecular flexibility index (Phi) is 6.83. The molecule has 4 aromatic carbocycles. The number of ketones is 1. The van der Waals surface area contributed by atoms with Gasteiger partial charge in [-0.3, -0.25) is 4.79 Å². The van der Waals surface area contributed by atoms with Gasteiger partial charge in [-0.15, -0.1) is 0 Å². The second-order valence-electron chi connectivity index (χ2n) is 8.93. The second-order valence-corrected chi connectivity index (χ2v) is 8.93. The summed E-state index contributed by atoms with van der Waals surface area (Å²) in [4.78, 5) is 12.7. The molecule has 0 spiro atoms. The quantitative estimate of drug-likeness (QED) is 0.258. The third-order valence-corrected chi connectivity index (χ3v) is 6.13. The van der Waals surface area contributed by atoms with Crippen LogP contribution in [0.2, 0.25) is 0 Å². The molecular formula is C31H30O3. The Bertz CT molecular complexity index is 1230. The maximum Gasteiger partial charge on any atom is 0.193 e. The van der Waals surface area contributed by atoms with Gasteiger partial charge in [-0.05, 0) is 73.5 Å². The Morgan fingerprint density at radius 3 is 1.53 bits per heavy atom. The molecule has 0 aromatic heterocycles. The summed E-state index contributed by atoms with van der Waals surface area (Å²) >= 11 is 0. The third-order valence-electron chi connectivity index (χ3n) is 6.13. The van der Waals surface area contributed by atoms with Gasteiger partial charge in [0.05, 0.1) is 6.61 Å². The number of hydrogen-bond donors (Lipinski definition) is 0. The number of benzene rings is 4. The van der Waals surface area contributed by atoms with E-state index >= 15 is 0 Å². The highest BCUT2D eigenvalue weighted by molar-refractivity contribution is 6.09. The molecule has 0 saturated heterocycles. The topological polar surface area (TPSA) is 35.5 Å². The van der Waals surface area contributed by atoms with Crippen LogP contribution in [0.5, 0.6) is 17.2 Å². The van der Waals surface area contributed by atoms with E-state index in [1.54, 1.807) is 12.1 Å². The standard InChI is InChI=1S/C31H30O3/c1-5-33-27-18-12-25(13-19-27)31(3,4)26-14-20-29(21-15-26)34-28-16-10-24(11-17-28)30(32)23-8-6-22(2)7-9-23/h6-21H,5H2,1-4H3. The molecule has 0 radical (unpaired) electrons. The fourth-order valence-electron chi connectivity index (χ4n) is 3.92. The number of carbonyl (C=O) groups excluding carboxylic acids is 1. The molecule has 0 aliphatic heterocycles. The van der Waals surface area contributed by atoms with Crippen molar-refractivity contribution >= 4 is 5.78 Å². The van der Waals surface area contributed by atoms with Crippen molar-refractivity contribution in [3.8, 4) is 17.2 Å². The molecule has 0 heterocycles. The van der Waals surface area contributed by atoms with Crippen molar-refractivity contribution in [1.82, 2.24) is 0 Å². The van der Waals surface area contributed by atoms with Crippen molar-refractivity contribution in [2.24, 2.45) is 0 Å². The van der Waals surface area contributed by atoms with Gasteiger partial charge in [0.25, 0.3) is 0 Å². The molecule has 0 saturated carbocycles. The lowest BCUT2D eigenvalue weighted by Gasteiger charge is -2.26. The average molecular weight is 451 g/mol. The molecule has 172 valence electrons. The predicted molar refractivity (Wildman–Crippen MR) is 137 cm³/mol.